The summed E-state index contributed by atoms with van der Waals surface area (Å²) in [5, 5.41) is 3.90. The van der Waals surface area contributed by atoms with Crippen molar-refractivity contribution in [1.82, 2.24) is 24.3 Å². The second-order valence-electron chi connectivity index (χ2n) is 7.62. The standard InChI is InChI=1S/C20H19F3N6/c1-11-9-29-10-12(6-16(21)18(29)26-11)14-7-24-17-15(14)8-25-19(28-17)27-13-2-4-20(22,23)5-3-13/h6-10,13H,2-5H2,1H3,(H2,24,25,27,28). The first-order valence-electron chi connectivity index (χ1n) is 9.52. The Morgan fingerprint density at radius 2 is 2.00 bits per heavy atom. The Balaban J connectivity index is 1.44. The molecule has 0 radical (unpaired) electrons. The van der Waals surface area contributed by atoms with Gasteiger partial charge in [-0.05, 0) is 25.8 Å². The number of alkyl halides is 2. The number of H-pyrrole nitrogens is 1. The minimum absolute atomic E-state index is 0.0671. The van der Waals surface area contributed by atoms with Crippen LogP contribution >= 0.6 is 0 Å². The van der Waals surface area contributed by atoms with Crippen molar-refractivity contribution in [3.63, 3.8) is 0 Å². The summed E-state index contributed by atoms with van der Waals surface area (Å²) in [5.74, 6) is -2.58. The van der Waals surface area contributed by atoms with Crippen LogP contribution < -0.4 is 5.32 Å². The van der Waals surface area contributed by atoms with Crippen LogP contribution in [0.15, 0.2) is 30.9 Å². The summed E-state index contributed by atoms with van der Waals surface area (Å²) in [6, 6.07) is 1.38. The molecule has 1 aliphatic carbocycles. The number of rotatable bonds is 3. The Labute approximate surface area is 164 Å². The molecule has 0 spiro atoms. The Kier molecular flexibility index (Phi) is 4.01. The van der Waals surface area contributed by atoms with Crippen LogP contribution in [0, 0.1) is 12.7 Å². The molecule has 1 fully saturated rings. The van der Waals surface area contributed by atoms with E-state index in [0.29, 0.717) is 30.0 Å². The van der Waals surface area contributed by atoms with Gasteiger partial charge in [0.05, 0.1) is 5.69 Å². The fourth-order valence-electron chi connectivity index (χ4n) is 3.91. The molecule has 29 heavy (non-hydrogen) atoms. The first-order chi connectivity index (χ1) is 13.9. The summed E-state index contributed by atoms with van der Waals surface area (Å²) in [6.07, 6.45) is 7.52. The smallest absolute Gasteiger partial charge is 0.248 e. The summed E-state index contributed by atoms with van der Waals surface area (Å²) >= 11 is 0. The van der Waals surface area contributed by atoms with E-state index in [1.165, 1.54) is 6.07 Å². The summed E-state index contributed by atoms with van der Waals surface area (Å²) in [6.45, 7) is 1.81. The quantitative estimate of drug-likeness (QED) is 0.523. The number of pyridine rings is 1. The molecule has 2 N–H and O–H groups in total. The van der Waals surface area contributed by atoms with Crippen LogP contribution in [0.25, 0.3) is 27.8 Å². The molecule has 9 heteroatoms. The monoisotopic (exact) mass is 400 g/mol. The van der Waals surface area contributed by atoms with E-state index < -0.39 is 11.7 Å². The first kappa shape index (κ1) is 18.0. The fourth-order valence-corrected chi connectivity index (χ4v) is 3.91. The average Bonchev–Trinajstić information content (AvgIpc) is 3.26. The summed E-state index contributed by atoms with van der Waals surface area (Å²) in [7, 11) is 0. The van der Waals surface area contributed by atoms with E-state index in [4.69, 9.17) is 0 Å². The predicted octanol–water partition coefficient (Wildman–Crippen LogP) is 4.71. The highest BCUT2D eigenvalue weighted by Gasteiger charge is 2.35. The van der Waals surface area contributed by atoms with Crippen LogP contribution in [-0.2, 0) is 0 Å². The number of aryl methyl sites for hydroxylation is 1. The molecule has 0 bridgehead atoms. The molecule has 5 rings (SSSR count). The first-order valence-corrected chi connectivity index (χ1v) is 9.52. The van der Waals surface area contributed by atoms with E-state index >= 15 is 0 Å². The van der Waals surface area contributed by atoms with Crippen molar-refractivity contribution in [2.45, 2.75) is 44.6 Å². The summed E-state index contributed by atoms with van der Waals surface area (Å²) in [4.78, 5) is 16.1. The summed E-state index contributed by atoms with van der Waals surface area (Å²) < 4.78 is 42.7. The number of hydrogen-bond donors (Lipinski definition) is 2. The highest BCUT2D eigenvalue weighted by Crippen LogP contribution is 2.34. The van der Waals surface area contributed by atoms with E-state index in [1.54, 1.807) is 23.0 Å². The lowest BCUT2D eigenvalue weighted by atomic mass is 9.92. The van der Waals surface area contributed by atoms with Crippen LogP contribution in [-0.4, -0.2) is 36.3 Å². The number of imidazole rings is 1. The number of aromatic nitrogens is 5. The number of anilines is 1. The van der Waals surface area contributed by atoms with Gasteiger partial charge in [0.25, 0.3) is 0 Å². The highest BCUT2D eigenvalue weighted by molar-refractivity contribution is 5.93. The third-order valence-electron chi connectivity index (χ3n) is 5.42. The normalized spacial score (nSPS) is 17.2. The number of nitrogens with one attached hydrogen (secondary N) is 2. The van der Waals surface area contributed by atoms with Gasteiger partial charge >= 0.3 is 0 Å². The van der Waals surface area contributed by atoms with Gasteiger partial charge in [-0.15, -0.1) is 0 Å². The van der Waals surface area contributed by atoms with E-state index in [1.807, 2.05) is 13.1 Å². The lowest BCUT2D eigenvalue weighted by Crippen LogP contribution is -2.32. The van der Waals surface area contributed by atoms with Gasteiger partial charge < -0.3 is 14.7 Å². The Morgan fingerprint density at radius 3 is 2.79 bits per heavy atom. The van der Waals surface area contributed by atoms with Gasteiger partial charge in [0.1, 0.15) is 5.65 Å². The molecule has 0 aliphatic heterocycles. The van der Waals surface area contributed by atoms with Gasteiger partial charge in [-0.1, -0.05) is 0 Å². The predicted molar refractivity (Wildman–Crippen MR) is 104 cm³/mol. The van der Waals surface area contributed by atoms with Crippen molar-refractivity contribution in [1.29, 1.82) is 0 Å². The van der Waals surface area contributed by atoms with Gasteiger partial charge in [-0.25, -0.2) is 23.1 Å². The Morgan fingerprint density at radius 1 is 1.21 bits per heavy atom. The van der Waals surface area contributed by atoms with Gasteiger partial charge in [-0.3, -0.25) is 0 Å². The van der Waals surface area contributed by atoms with Crippen molar-refractivity contribution in [3.05, 3.63) is 42.4 Å². The van der Waals surface area contributed by atoms with Crippen LogP contribution in [0.2, 0.25) is 0 Å². The van der Waals surface area contributed by atoms with Gasteiger partial charge in [-0.2, -0.15) is 4.98 Å². The van der Waals surface area contributed by atoms with Crippen LogP contribution in [0.3, 0.4) is 0 Å². The van der Waals surface area contributed by atoms with Crippen LogP contribution in [0.1, 0.15) is 31.4 Å². The van der Waals surface area contributed by atoms with E-state index in [-0.39, 0.29) is 24.5 Å². The maximum Gasteiger partial charge on any atom is 0.248 e. The molecule has 0 unspecified atom stereocenters. The van der Waals surface area contributed by atoms with Crippen molar-refractivity contribution >= 4 is 22.6 Å². The molecule has 0 amide bonds. The van der Waals surface area contributed by atoms with E-state index in [9.17, 15) is 13.2 Å². The maximum atomic E-state index is 14.4. The lowest BCUT2D eigenvalue weighted by molar-refractivity contribution is -0.0361. The molecule has 4 aromatic rings. The lowest BCUT2D eigenvalue weighted by Gasteiger charge is -2.28. The average molecular weight is 400 g/mol. The topological polar surface area (TPSA) is 70.9 Å². The minimum atomic E-state index is -2.57. The van der Waals surface area contributed by atoms with Crippen molar-refractivity contribution in [2.24, 2.45) is 0 Å². The zero-order valence-electron chi connectivity index (χ0n) is 15.7. The minimum Gasteiger partial charge on any atom is -0.351 e. The van der Waals surface area contributed by atoms with Crippen LogP contribution in [0.4, 0.5) is 19.1 Å². The molecule has 0 aromatic carbocycles. The fraction of sp³-hybridized carbons (Fsp3) is 0.350. The molecule has 150 valence electrons. The zero-order valence-corrected chi connectivity index (χ0v) is 15.7. The van der Waals surface area contributed by atoms with Crippen molar-refractivity contribution < 1.29 is 13.2 Å². The summed E-state index contributed by atoms with van der Waals surface area (Å²) in [5.41, 5.74) is 3.07. The van der Waals surface area contributed by atoms with E-state index in [2.05, 4.69) is 25.3 Å². The van der Waals surface area contributed by atoms with Gasteiger partial charge in [0.2, 0.25) is 11.9 Å². The second kappa shape index (κ2) is 6.47. The molecule has 0 atom stereocenters. The number of nitrogens with zero attached hydrogens (tertiary/aromatic N) is 4. The number of fused-ring (bicyclic) bond motifs is 2. The molecule has 1 saturated carbocycles. The van der Waals surface area contributed by atoms with Crippen molar-refractivity contribution in [3.8, 4) is 11.1 Å². The molecule has 1 aliphatic rings. The van der Waals surface area contributed by atoms with Crippen molar-refractivity contribution in [2.75, 3.05) is 5.32 Å². The largest absolute Gasteiger partial charge is 0.351 e. The van der Waals surface area contributed by atoms with Crippen LogP contribution in [0.5, 0.6) is 0 Å². The van der Waals surface area contributed by atoms with Gasteiger partial charge in [0.15, 0.2) is 11.5 Å². The molecular weight excluding hydrogens is 381 g/mol. The Bertz CT molecular complexity index is 1200. The maximum absolute atomic E-state index is 14.4. The van der Waals surface area contributed by atoms with E-state index in [0.717, 1.165) is 16.6 Å². The third kappa shape index (κ3) is 3.30. The van der Waals surface area contributed by atoms with Gasteiger partial charge in [0, 0.05) is 60.2 Å². The molecule has 4 heterocycles. The SMILES string of the molecule is Cc1cn2cc(-c3c[nH]c4nc(NC5CCC(F)(F)CC5)ncc34)cc(F)c2n1. The molecule has 0 saturated heterocycles. The zero-order chi connectivity index (χ0) is 20.2. The molecule has 6 nitrogen and oxygen atoms in total. The third-order valence-corrected chi connectivity index (χ3v) is 5.42. The highest BCUT2D eigenvalue weighted by atomic mass is 19.3. The number of aromatic amines is 1. The molecular formula is C20H19F3N6. The number of hydrogen-bond acceptors (Lipinski definition) is 4. The number of halogens is 3. The second-order valence-corrected chi connectivity index (χ2v) is 7.62. The Hall–Kier alpha value is -3.10. The molecule has 4 aromatic heterocycles.